The fraction of sp³-hybridized carbons (Fsp3) is 0.0244. The van der Waals surface area contributed by atoms with Crippen molar-refractivity contribution >= 4 is 68.9 Å². The van der Waals surface area contributed by atoms with E-state index in [-0.39, 0.29) is 5.91 Å². The summed E-state index contributed by atoms with van der Waals surface area (Å²) in [5, 5.41) is 6.24. The number of hydrogen-bond acceptors (Lipinski definition) is 2. The summed E-state index contributed by atoms with van der Waals surface area (Å²) < 4.78 is 0. The number of nitrogens with one attached hydrogen (secondary N) is 1. The Morgan fingerprint density at radius 1 is 0.500 bits per heavy atom. The van der Waals surface area contributed by atoms with Gasteiger partial charge in [-0.25, -0.2) is 0 Å². The van der Waals surface area contributed by atoms with Gasteiger partial charge in [0, 0.05) is 54.1 Å². The van der Waals surface area contributed by atoms with Crippen molar-refractivity contribution < 1.29 is 4.79 Å². The van der Waals surface area contributed by atoms with Crippen LogP contribution in [0.2, 0.25) is 20.1 Å². The molecule has 1 amide bonds. The molecule has 234 valence electrons. The third kappa shape index (κ3) is 6.31. The Morgan fingerprint density at radius 3 is 1.35 bits per heavy atom. The minimum absolute atomic E-state index is 0.259. The Bertz CT molecular complexity index is 2280. The summed E-state index contributed by atoms with van der Waals surface area (Å²) in [5.41, 5.74) is 9.97. The lowest BCUT2D eigenvalue weighted by Crippen LogP contribution is -2.13. The largest absolute Gasteiger partial charge is 0.322 e. The SMILES string of the molecule is Cc1ccc(NC(=O)c2ccnc3c(-c4ccc(Cl)cc4)c(-c4ccc(Cl)cc4)c(-c4ccc(Cl)cc4)c(-c4ccc(Cl)cc4)c23)cc1. The van der Waals surface area contributed by atoms with Gasteiger partial charge in [-0.05, 0) is 101 Å². The first-order valence-electron chi connectivity index (χ1n) is 15.2. The van der Waals surface area contributed by atoms with Gasteiger partial charge in [-0.2, -0.15) is 0 Å². The van der Waals surface area contributed by atoms with Crippen LogP contribution in [0.3, 0.4) is 0 Å². The topological polar surface area (TPSA) is 42.0 Å². The maximum Gasteiger partial charge on any atom is 0.256 e. The molecule has 0 radical (unpaired) electrons. The average molecular weight is 704 g/mol. The molecule has 1 heterocycles. The number of benzene rings is 6. The van der Waals surface area contributed by atoms with Gasteiger partial charge in [0.1, 0.15) is 0 Å². The Labute approximate surface area is 298 Å². The van der Waals surface area contributed by atoms with Crippen molar-refractivity contribution in [1.29, 1.82) is 0 Å². The predicted octanol–water partition coefficient (Wildman–Crippen LogP) is 13.1. The van der Waals surface area contributed by atoms with E-state index in [1.54, 1.807) is 12.3 Å². The van der Waals surface area contributed by atoms with E-state index in [0.29, 0.717) is 42.2 Å². The molecule has 1 aromatic heterocycles. The number of amides is 1. The number of carbonyl (C=O) groups excluding carboxylic acids is 1. The smallest absolute Gasteiger partial charge is 0.256 e. The van der Waals surface area contributed by atoms with E-state index in [1.807, 2.05) is 128 Å². The molecule has 6 aromatic carbocycles. The van der Waals surface area contributed by atoms with Crippen LogP contribution in [-0.2, 0) is 0 Å². The molecule has 7 heteroatoms. The zero-order valence-electron chi connectivity index (χ0n) is 25.6. The minimum Gasteiger partial charge on any atom is -0.322 e. The lowest BCUT2D eigenvalue weighted by molar-refractivity contribution is 0.102. The second kappa shape index (κ2) is 13.5. The zero-order valence-corrected chi connectivity index (χ0v) is 28.6. The van der Waals surface area contributed by atoms with E-state index in [0.717, 1.165) is 50.1 Å². The molecular formula is C41H26Cl4N2O. The Hall–Kier alpha value is -4.64. The highest BCUT2D eigenvalue weighted by atomic mass is 35.5. The molecule has 0 aliphatic carbocycles. The fourth-order valence-corrected chi connectivity index (χ4v) is 6.54. The molecule has 0 saturated carbocycles. The Kier molecular flexibility index (Phi) is 8.96. The van der Waals surface area contributed by atoms with Crippen LogP contribution < -0.4 is 5.32 Å². The number of aryl methyl sites for hydroxylation is 1. The molecule has 0 fully saturated rings. The van der Waals surface area contributed by atoms with Gasteiger partial charge in [-0.1, -0.05) is 113 Å². The van der Waals surface area contributed by atoms with E-state index >= 15 is 0 Å². The van der Waals surface area contributed by atoms with Gasteiger partial charge in [0.15, 0.2) is 0 Å². The summed E-state index contributed by atoms with van der Waals surface area (Å²) >= 11 is 25.7. The lowest BCUT2D eigenvalue weighted by Gasteiger charge is -2.25. The van der Waals surface area contributed by atoms with Crippen molar-refractivity contribution in [2.45, 2.75) is 6.92 Å². The fourth-order valence-electron chi connectivity index (χ4n) is 6.04. The first-order chi connectivity index (χ1) is 23.3. The molecule has 0 atom stereocenters. The molecule has 3 nitrogen and oxygen atoms in total. The highest BCUT2D eigenvalue weighted by molar-refractivity contribution is 6.32. The molecule has 0 unspecified atom stereocenters. The first kappa shape index (κ1) is 31.9. The van der Waals surface area contributed by atoms with Gasteiger partial charge in [0.2, 0.25) is 0 Å². The molecule has 0 aliphatic heterocycles. The number of pyridine rings is 1. The van der Waals surface area contributed by atoms with Crippen LogP contribution in [0.25, 0.3) is 55.4 Å². The lowest BCUT2D eigenvalue weighted by atomic mass is 9.79. The van der Waals surface area contributed by atoms with E-state index < -0.39 is 0 Å². The average Bonchev–Trinajstić information content (AvgIpc) is 3.10. The van der Waals surface area contributed by atoms with Gasteiger partial charge in [-0.15, -0.1) is 0 Å². The van der Waals surface area contributed by atoms with E-state index in [4.69, 9.17) is 51.4 Å². The van der Waals surface area contributed by atoms with Gasteiger partial charge in [0.05, 0.1) is 11.1 Å². The molecular weight excluding hydrogens is 678 g/mol. The van der Waals surface area contributed by atoms with Crippen molar-refractivity contribution in [3.8, 4) is 44.5 Å². The number of fused-ring (bicyclic) bond motifs is 1. The maximum atomic E-state index is 14.3. The second-order valence-corrected chi connectivity index (χ2v) is 13.2. The number of hydrogen-bond donors (Lipinski definition) is 1. The molecule has 7 rings (SSSR count). The Balaban J connectivity index is 1.68. The normalized spacial score (nSPS) is 11.1. The summed E-state index contributed by atoms with van der Waals surface area (Å²) in [6, 6.07) is 40.3. The first-order valence-corrected chi connectivity index (χ1v) is 16.7. The van der Waals surface area contributed by atoms with Crippen LogP contribution in [0, 0.1) is 6.92 Å². The summed E-state index contributed by atoms with van der Waals surface area (Å²) in [5.74, 6) is -0.259. The van der Waals surface area contributed by atoms with Crippen molar-refractivity contribution in [2.75, 3.05) is 5.32 Å². The molecule has 0 aliphatic rings. The highest BCUT2D eigenvalue weighted by Crippen LogP contribution is 2.51. The minimum atomic E-state index is -0.259. The number of aromatic nitrogens is 1. The third-order valence-corrected chi connectivity index (χ3v) is 9.28. The molecule has 0 saturated heterocycles. The summed E-state index contributed by atoms with van der Waals surface area (Å²) in [4.78, 5) is 19.3. The van der Waals surface area contributed by atoms with Crippen molar-refractivity contribution in [1.82, 2.24) is 4.98 Å². The van der Waals surface area contributed by atoms with Crippen LogP contribution in [0.5, 0.6) is 0 Å². The molecule has 1 N–H and O–H groups in total. The second-order valence-electron chi connectivity index (χ2n) is 11.4. The number of halogens is 4. The maximum absolute atomic E-state index is 14.3. The predicted molar refractivity (Wildman–Crippen MR) is 203 cm³/mol. The van der Waals surface area contributed by atoms with Crippen LogP contribution >= 0.6 is 46.4 Å². The van der Waals surface area contributed by atoms with Gasteiger partial charge in [0.25, 0.3) is 5.91 Å². The monoisotopic (exact) mass is 702 g/mol. The molecule has 0 spiro atoms. The quantitative estimate of drug-likeness (QED) is 0.187. The van der Waals surface area contributed by atoms with Crippen molar-refractivity contribution in [3.63, 3.8) is 0 Å². The van der Waals surface area contributed by atoms with Gasteiger partial charge < -0.3 is 5.32 Å². The number of anilines is 1. The number of carbonyl (C=O) groups is 1. The Morgan fingerprint density at radius 2 is 0.896 bits per heavy atom. The van der Waals surface area contributed by atoms with E-state index in [1.165, 1.54) is 0 Å². The molecule has 48 heavy (non-hydrogen) atoms. The van der Waals surface area contributed by atoms with Gasteiger partial charge in [-0.3, -0.25) is 9.78 Å². The van der Waals surface area contributed by atoms with E-state index in [2.05, 4.69) is 5.32 Å². The summed E-state index contributed by atoms with van der Waals surface area (Å²) in [6.45, 7) is 2.01. The van der Waals surface area contributed by atoms with Crippen LogP contribution in [0.15, 0.2) is 134 Å². The van der Waals surface area contributed by atoms with Crippen molar-refractivity contribution in [2.24, 2.45) is 0 Å². The summed E-state index contributed by atoms with van der Waals surface area (Å²) in [7, 11) is 0. The standard InChI is InChI=1S/C41H26Cl4N2O/c1-24-2-20-33(21-3-24)47-41(48)34-22-23-46-40-38(28-10-18-32(45)19-11-28)36(26-6-14-30(43)15-7-26)35(25-4-12-29(42)13-5-25)37(39(34)40)27-8-16-31(44)17-9-27/h2-23H,1H3,(H,47,48). The summed E-state index contributed by atoms with van der Waals surface area (Å²) in [6.07, 6.45) is 1.69. The van der Waals surface area contributed by atoms with Crippen LogP contribution in [0.1, 0.15) is 15.9 Å². The third-order valence-electron chi connectivity index (χ3n) is 8.27. The van der Waals surface area contributed by atoms with Gasteiger partial charge >= 0.3 is 0 Å². The number of nitrogens with zero attached hydrogens (tertiary/aromatic N) is 1. The van der Waals surface area contributed by atoms with E-state index in [9.17, 15) is 4.79 Å². The van der Waals surface area contributed by atoms with Crippen LogP contribution in [0.4, 0.5) is 5.69 Å². The highest BCUT2D eigenvalue weighted by Gasteiger charge is 2.28. The molecule has 7 aromatic rings. The molecule has 0 bridgehead atoms. The zero-order chi connectivity index (χ0) is 33.4. The van der Waals surface area contributed by atoms with Crippen LogP contribution in [-0.4, -0.2) is 10.9 Å². The van der Waals surface area contributed by atoms with Crippen molar-refractivity contribution in [3.05, 3.63) is 165 Å². The number of rotatable bonds is 6.